The lowest BCUT2D eigenvalue weighted by atomic mass is 9.75. The summed E-state index contributed by atoms with van der Waals surface area (Å²) in [5, 5.41) is 0. The van der Waals surface area contributed by atoms with Gasteiger partial charge >= 0.3 is 0 Å². The summed E-state index contributed by atoms with van der Waals surface area (Å²) >= 11 is 0. The van der Waals surface area contributed by atoms with Gasteiger partial charge in [0.2, 0.25) is 0 Å². The molecule has 0 aromatic carbocycles. The van der Waals surface area contributed by atoms with Gasteiger partial charge in [-0.3, -0.25) is 0 Å². The van der Waals surface area contributed by atoms with Crippen LogP contribution in [-0.2, 0) is 0 Å². The summed E-state index contributed by atoms with van der Waals surface area (Å²) < 4.78 is 0. The van der Waals surface area contributed by atoms with Gasteiger partial charge in [-0.2, -0.15) is 0 Å². The predicted molar refractivity (Wildman–Crippen MR) is 66.9 cm³/mol. The second-order valence-corrected chi connectivity index (χ2v) is 5.98. The van der Waals surface area contributed by atoms with Crippen molar-refractivity contribution in [2.24, 2.45) is 17.1 Å². The van der Waals surface area contributed by atoms with Gasteiger partial charge in [0.1, 0.15) is 0 Å². The molecule has 2 N–H and O–H groups in total. The van der Waals surface area contributed by atoms with Gasteiger partial charge in [-0.1, -0.05) is 20.8 Å². The molecule has 0 spiro atoms. The van der Waals surface area contributed by atoms with Crippen LogP contribution in [0.3, 0.4) is 0 Å². The van der Waals surface area contributed by atoms with Gasteiger partial charge < -0.3 is 10.6 Å². The van der Waals surface area contributed by atoms with Crippen LogP contribution in [0.5, 0.6) is 0 Å². The Bertz CT molecular complexity index is 164. The van der Waals surface area contributed by atoms with Crippen LogP contribution in [0.15, 0.2) is 0 Å². The van der Waals surface area contributed by atoms with Gasteiger partial charge in [0.15, 0.2) is 0 Å². The summed E-state index contributed by atoms with van der Waals surface area (Å²) in [5.74, 6) is 0.920. The zero-order valence-corrected chi connectivity index (χ0v) is 10.8. The van der Waals surface area contributed by atoms with Crippen LogP contribution in [-0.4, -0.2) is 31.1 Å². The number of hydrogen-bond donors (Lipinski definition) is 1. The fourth-order valence-electron chi connectivity index (χ4n) is 2.50. The highest BCUT2D eigenvalue weighted by Crippen LogP contribution is 2.34. The van der Waals surface area contributed by atoms with Crippen LogP contribution < -0.4 is 5.73 Å². The van der Waals surface area contributed by atoms with Crippen LogP contribution in [0.1, 0.15) is 46.5 Å². The van der Waals surface area contributed by atoms with Gasteiger partial charge in [-0.05, 0) is 63.2 Å². The van der Waals surface area contributed by atoms with E-state index in [0.717, 1.165) is 12.5 Å². The average Bonchev–Trinajstić information content (AvgIpc) is 2.18. The van der Waals surface area contributed by atoms with Crippen molar-refractivity contribution in [2.45, 2.75) is 46.5 Å². The van der Waals surface area contributed by atoms with E-state index >= 15 is 0 Å². The molecule has 1 rings (SSSR count). The maximum atomic E-state index is 5.50. The lowest BCUT2D eigenvalue weighted by Gasteiger charge is -2.38. The van der Waals surface area contributed by atoms with Gasteiger partial charge in [-0.15, -0.1) is 0 Å². The van der Waals surface area contributed by atoms with E-state index in [1.165, 1.54) is 45.3 Å². The summed E-state index contributed by atoms with van der Waals surface area (Å²) in [5.41, 5.74) is 6.01. The van der Waals surface area contributed by atoms with Crippen molar-refractivity contribution in [3.63, 3.8) is 0 Å². The molecule has 0 atom stereocenters. The van der Waals surface area contributed by atoms with Crippen LogP contribution in [0.4, 0.5) is 0 Å². The van der Waals surface area contributed by atoms with Gasteiger partial charge in [0.05, 0.1) is 0 Å². The fraction of sp³-hybridized carbons (Fsp3) is 1.00. The number of hydrogen-bond acceptors (Lipinski definition) is 2. The quantitative estimate of drug-likeness (QED) is 0.725. The summed E-state index contributed by atoms with van der Waals surface area (Å²) in [6.07, 6.45) is 5.22. The monoisotopic (exact) mass is 212 g/mol. The molecule has 1 fully saturated rings. The molecular formula is C13H28N2. The van der Waals surface area contributed by atoms with Crippen molar-refractivity contribution < 1.29 is 0 Å². The molecule has 1 aliphatic rings. The summed E-state index contributed by atoms with van der Waals surface area (Å²) in [6, 6.07) is 0. The Hall–Kier alpha value is -0.0800. The molecule has 0 aromatic heterocycles. The first kappa shape index (κ1) is 13.0. The number of likely N-dealkylation sites (tertiary alicyclic amines) is 1. The molecule has 0 radical (unpaired) electrons. The molecule has 0 amide bonds. The fourth-order valence-corrected chi connectivity index (χ4v) is 2.50. The minimum absolute atomic E-state index is 0.503. The number of rotatable bonds is 4. The van der Waals surface area contributed by atoms with Crippen molar-refractivity contribution in [1.82, 2.24) is 4.90 Å². The number of nitrogens with zero attached hydrogens (tertiary/aromatic N) is 1. The maximum Gasteiger partial charge on any atom is -0.00159 e. The molecule has 0 saturated carbocycles. The van der Waals surface area contributed by atoms with E-state index in [9.17, 15) is 0 Å². The highest BCUT2D eigenvalue weighted by Gasteiger charge is 2.28. The molecule has 0 bridgehead atoms. The lowest BCUT2D eigenvalue weighted by molar-refractivity contribution is 0.111. The van der Waals surface area contributed by atoms with E-state index in [1.807, 2.05) is 0 Å². The molecule has 2 heteroatoms. The van der Waals surface area contributed by atoms with Crippen LogP contribution >= 0.6 is 0 Å². The van der Waals surface area contributed by atoms with Crippen LogP contribution in [0, 0.1) is 11.3 Å². The molecule has 1 saturated heterocycles. The van der Waals surface area contributed by atoms with E-state index in [4.69, 9.17) is 5.73 Å². The molecule has 15 heavy (non-hydrogen) atoms. The summed E-state index contributed by atoms with van der Waals surface area (Å²) in [6.45, 7) is 11.8. The molecule has 1 aliphatic heterocycles. The Morgan fingerprint density at radius 1 is 1.13 bits per heavy atom. The number of piperidine rings is 1. The third kappa shape index (κ3) is 4.52. The van der Waals surface area contributed by atoms with E-state index in [-0.39, 0.29) is 0 Å². The van der Waals surface area contributed by atoms with E-state index in [1.54, 1.807) is 0 Å². The first-order chi connectivity index (χ1) is 7.04. The Balaban J connectivity index is 2.18. The molecule has 2 nitrogen and oxygen atoms in total. The Kier molecular flexibility index (Phi) is 5.07. The lowest BCUT2D eigenvalue weighted by Crippen LogP contribution is -2.38. The SMILES string of the molecule is CC(C)(C)C1CCN(CCCCN)CC1. The van der Waals surface area contributed by atoms with Gasteiger partial charge in [0.25, 0.3) is 0 Å². The minimum Gasteiger partial charge on any atom is -0.330 e. The zero-order chi connectivity index (χ0) is 11.3. The summed E-state index contributed by atoms with van der Waals surface area (Å²) in [7, 11) is 0. The van der Waals surface area contributed by atoms with Crippen LogP contribution in [0.25, 0.3) is 0 Å². The van der Waals surface area contributed by atoms with Crippen molar-refractivity contribution in [3.05, 3.63) is 0 Å². The maximum absolute atomic E-state index is 5.50. The van der Waals surface area contributed by atoms with Crippen LogP contribution in [0.2, 0.25) is 0 Å². The standard InChI is InChI=1S/C13H28N2/c1-13(2,3)12-6-10-15(11-7-12)9-5-4-8-14/h12H,4-11,14H2,1-3H3. The Labute approximate surface area is 95.2 Å². The van der Waals surface area contributed by atoms with E-state index in [2.05, 4.69) is 25.7 Å². The number of nitrogens with two attached hydrogens (primary N) is 1. The average molecular weight is 212 g/mol. The molecule has 0 aliphatic carbocycles. The zero-order valence-electron chi connectivity index (χ0n) is 10.8. The summed E-state index contributed by atoms with van der Waals surface area (Å²) in [4.78, 5) is 2.61. The minimum atomic E-state index is 0.503. The second kappa shape index (κ2) is 5.86. The second-order valence-electron chi connectivity index (χ2n) is 5.98. The smallest absolute Gasteiger partial charge is 0.00159 e. The van der Waals surface area contributed by atoms with Crippen molar-refractivity contribution >= 4 is 0 Å². The van der Waals surface area contributed by atoms with Crippen molar-refractivity contribution in [1.29, 1.82) is 0 Å². The molecule has 0 unspecified atom stereocenters. The third-order valence-electron chi connectivity index (χ3n) is 3.74. The largest absolute Gasteiger partial charge is 0.330 e. The highest BCUT2D eigenvalue weighted by molar-refractivity contribution is 4.80. The first-order valence-electron chi connectivity index (χ1n) is 6.46. The normalized spacial score (nSPS) is 20.8. The van der Waals surface area contributed by atoms with Crippen molar-refractivity contribution in [2.75, 3.05) is 26.2 Å². The predicted octanol–water partition coefficient (Wildman–Crippen LogP) is 2.48. The van der Waals surface area contributed by atoms with E-state index < -0.39 is 0 Å². The third-order valence-corrected chi connectivity index (χ3v) is 3.74. The molecule has 1 heterocycles. The highest BCUT2D eigenvalue weighted by atomic mass is 15.1. The molecule has 0 aromatic rings. The van der Waals surface area contributed by atoms with Gasteiger partial charge in [0, 0.05) is 0 Å². The van der Waals surface area contributed by atoms with E-state index in [0.29, 0.717) is 5.41 Å². The number of unbranched alkanes of at least 4 members (excludes halogenated alkanes) is 1. The van der Waals surface area contributed by atoms with Gasteiger partial charge in [-0.25, -0.2) is 0 Å². The van der Waals surface area contributed by atoms with Crippen molar-refractivity contribution in [3.8, 4) is 0 Å². The molecule has 90 valence electrons. The first-order valence-corrected chi connectivity index (χ1v) is 6.46. The Morgan fingerprint density at radius 2 is 1.73 bits per heavy atom. The topological polar surface area (TPSA) is 29.3 Å². The molecular weight excluding hydrogens is 184 g/mol. The Morgan fingerprint density at radius 3 is 2.20 bits per heavy atom.